The fraction of sp³-hybridized carbons (Fsp3) is 0.267. The first-order valence-electron chi connectivity index (χ1n) is 11.9. The molecule has 1 amide bonds. The number of likely N-dealkylation sites (tertiary alicyclic amines) is 1. The first-order chi connectivity index (χ1) is 17.2. The number of carbonyl (C=O) groups is 2. The van der Waals surface area contributed by atoms with Crippen molar-refractivity contribution in [3.8, 4) is 11.5 Å². The number of aryl methyl sites for hydroxylation is 2. The van der Waals surface area contributed by atoms with Crippen molar-refractivity contribution in [2.75, 3.05) is 7.11 Å². The Morgan fingerprint density at radius 3 is 2.36 bits per heavy atom. The molecule has 1 fully saturated rings. The summed E-state index contributed by atoms with van der Waals surface area (Å²) in [4.78, 5) is 28.2. The predicted molar refractivity (Wildman–Crippen MR) is 139 cm³/mol. The van der Waals surface area contributed by atoms with Crippen LogP contribution in [-0.4, -0.2) is 34.9 Å². The maximum Gasteiger partial charge on any atom is 0.295 e. The van der Waals surface area contributed by atoms with Crippen LogP contribution in [0.3, 0.4) is 0 Å². The molecule has 0 aliphatic carbocycles. The number of methoxy groups -OCH3 is 1. The zero-order valence-electron chi connectivity index (χ0n) is 21.2. The van der Waals surface area contributed by atoms with Gasteiger partial charge in [-0.3, -0.25) is 9.59 Å². The van der Waals surface area contributed by atoms with Gasteiger partial charge in [-0.1, -0.05) is 36.4 Å². The zero-order chi connectivity index (χ0) is 26.0. The van der Waals surface area contributed by atoms with Crippen LogP contribution in [0.5, 0.6) is 11.5 Å². The van der Waals surface area contributed by atoms with Crippen LogP contribution in [0.1, 0.15) is 47.7 Å². The first kappa shape index (κ1) is 25.0. The summed E-state index contributed by atoms with van der Waals surface area (Å²) in [6, 6.07) is 19.4. The topological polar surface area (TPSA) is 76.1 Å². The van der Waals surface area contributed by atoms with Crippen molar-refractivity contribution in [2.24, 2.45) is 0 Å². The van der Waals surface area contributed by atoms with E-state index in [1.165, 1.54) is 4.90 Å². The number of ether oxygens (including phenoxy) is 2. The highest BCUT2D eigenvalue weighted by Crippen LogP contribution is 2.41. The molecule has 3 aromatic rings. The van der Waals surface area contributed by atoms with Gasteiger partial charge in [0, 0.05) is 12.1 Å². The highest BCUT2D eigenvalue weighted by molar-refractivity contribution is 6.46. The molecule has 1 heterocycles. The van der Waals surface area contributed by atoms with E-state index in [9.17, 15) is 14.7 Å². The van der Waals surface area contributed by atoms with Gasteiger partial charge in [-0.25, -0.2) is 0 Å². The number of benzene rings is 3. The summed E-state index contributed by atoms with van der Waals surface area (Å²) in [6.07, 6.45) is -0.0427. The molecule has 1 N–H and O–H groups in total. The van der Waals surface area contributed by atoms with E-state index in [1.54, 1.807) is 13.2 Å². The molecular formula is C30H31NO5. The van der Waals surface area contributed by atoms with Crippen LogP contribution in [0.2, 0.25) is 0 Å². The number of aliphatic hydroxyl groups is 1. The summed E-state index contributed by atoms with van der Waals surface area (Å²) in [7, 11) is 1.58. The molecule has 6 heteroatoms. The number of carbonyl (C=O) groups excluding carboxylic acids is 2. The fourth-order valence-corrected chi connectivity index (χ4v) is 4.43. The van der Waals surface area contributed by atoms with Crippen molar-refractivity contribution in [3.63, 3.8) is 0 Å². The average molecular weight is 486 g/mol. The smallest absolute Gasteiger partial charge is 0.295 e. The van der Waals surface area contributed by atoms with Gasteiger partial charge in [0.25, 0.3) is 11.7 Å². The van der Waals surface area contributed by atoms with Crippen LogP contribution >= 0.6 is 0 Å². The van der Waals surface area contributed by atoms with Crippen molar-refractivity contribution in [2.45, 2.75) is 46.4 Å². The third kappa shape index (κ3) is 4.98. The van der Waals surface area contributed by atoms with Crippen LogP contribution in [-0.2, 0) is 16.1 Å². The molecule has 0 radical (unpaired) electrons. The molecule has 3 aromatic carbocycles. The molecule has 36 heavy (non-hydrogen) atoms. The molecule has 1 atom stereocenters. The van der Waals surface area contributed by atoms with E-state index in [4.69, 9.17) is 9.47 Å². The molecule has 4 rings (SSSR count). The summed E-state index contributed by atoms with van der Waals surface area (Å²) >= 11 is 0. The summed E-state index contributed by atoms with van der Waals surface area (Å²) in [5.74, 6) is -0.286. The Hall–Kier alpha value is -4.06. The van der Waals surface area contributed by atoms with E-state index in [0.717, 1.165) is 16.7 Å². The second-order valence-corrected chi connectivity index (χ2v) is 9.32. The summed E-state index contributed by atoms with van der Waals surface area (Å²) in [5.41, 5.74) is 4.10. The Morgan fingerprint density at radius 1 is 0.944 bits per heavy atom. The minimum Gasteiger partial charge on any atom is -0.507 e. The van der Waals surface area contributed by atoms with Crippen molar-refractivity contribution in [1.29, 1.82) is 0 Å². The Morgan fingerprint density at radius 2 is 1.67 bits per heavy atom. The van der Waals surface area contributed by atoms with E-state index in [0.29, 0.717) is 22.6 Å². The van der Waals surface area contributed by atoms with Gasteiger partial charge in [0.05, 0.1) is 24.8 Å². The van der Waals surface area contributed by atoms with E-state index >= 15 is 0 Å². The predicted octanol–water partition coefficient (Wildman–Crippen LogP) is 5.72. The van der Waals surface area contributed by atoms with E-state index < -0.39 is 17.7 Å². The Kier molecular flexibility index (Phi) is 7.15. The molecule has 1 aliphatic heterocycles. The molecule has 0 aromatic heterocycles. The lowest BCUT2D eigenvalue weighted by molar-refractivity contribution is -0.140. The summed E-state index contributed by atoms with van der Waals surface area (Å²) in [5, 5.41) is 11.4. The molecule has 0 saturated carbocycles. The SMILES string of the molecule is COc1cccc(CN2C(=O)C(=O)/C(=C(\O)c3ccc(C)c(C)c3)C2c2cccc(OC(C)C)c2)c1. The Balaban J connectivity index is 1.87. The maximum atomic E-state index is 13.4. The van der Waals surface area contributed by atoms with Crippen molar-refractivity contribution < 1.29 is 24.2 Å². The standard InChI is InChI=1S/C30H31NO5/c1-18(2)36-25-11-7-9-22(16-25)27-26(28(32)23-13-12-19(3)20(4)14-23)29(33)30(34)31(27)17-21-8-6-10-24(15-21)35-5/h6-16,18,27,32H,17H2,1-5H3/b28-26-. The van der Waals surface area contributed by atoms with Gasteiger partial charge in [-0.05, 0) is 80.3 Å². The Bertz CT molecular complexity index is 1340. The van der Waals surface area contributed by atoms with Crippen molar-refractivity contribution in [3.05, 3.63) is 100 Å². The van der Waals surface area contributed by atoms with Gasteiger partial charge in [-0.2, -0.15) is 0 Å². The van der Waals surface area contributed by atoms with E-state index in [-0.39, 0.29) is 24.0 Å². The fourth-order valence-electron chi connectivity index (χ4n) is 4.43. The third-order valence-electron chi connectivity index (χ3n) is 6.35. The van der Waals surface area contributed by atoms with Crippen molar-refractivity contribution >= 4 is 17.4 Å². The van der Waals surface area contributed by atoms with Gasteiger partial charge in [0.2, 0.25) is 0 Å². The number of nitrogens with zero attached hydrogens (tertiary/aromatic N) is 1. The first-order valence-corrected chi connectivity index (χ1v) is 11.9. The highest BCUT2D eigenvalue weighted by Gasteiger charge is 2.46. The zero-order valence-corrected chi connectivity index (χ0v) is 21.2. The molecule has 6 nitrogen and oxygen atoms in total. The number of ketones is 1. The van der Waals surface area contributed by atoms with E-state index in [2.05, 4.69) is 0 Å². The van der Waals surface area contributed by atoms with Crippen LogP contribution in [0, 0.1) is 13.8 Å². The van der Waals surface area contributed by atoms with Crippen molar-refractivity contribution in [1.82, 2.24) is 4.90 Å². The highest BCUT2D eigenvalue weighted by atomic mass is 16.5. The normalized spacial score (nSPS) is 17.1. The number of hydrogen-bond donors (Lipinski definition) is 1. The number of Topliss-reactive ketones (excluding diaryl/α,β-unsaturated/α-hetero) is 1. The second kappa shape index (κ2) is 10.3. The number of hydrogen-bond acceptors (Lipinski definition) is 5. The maximum absolute atomic E-state index is 13.4. The molecule has 1 saturated heterocycles. The number of amides is 1. The quantitative estimate of drug-likeness (QED) is 0.263. The van der Waals surface area contributed by atoms with Crippen LogP contribution in [0.25, 0.3) is 5.76 Å². The number of rotatable bonds is 7. The molecule has 1 unspecified atom stereocenters. The lowest BCUT2D eigenvalue weighted by Gasteiger charge is -2.26. The molecule has 0 spiro atoms. The third-order valence-corrected chi connectivity index (χ3v) is 6.35. The second-order valence-electron chi connectivity index (χ2n) is 9.32. The van der Waals surface area contributed by atoms with Gasteiger partial charge in [0.1, 0.15) is 17.3 Å². The van der Waals surface area contributed by atoms with Crippen LogP contribution in [0.15, 0.2) is 72.3 Å². The minimum absolute atomic E-state index is 0.0427. The molecule has 0 bridgehead atoms. The van der Waals surface area contributed by atoms with Gasteiger partial charge >= 0.3 is 0 Å². The monoisotopic (exact) mass is 485 g/mol. The summed E-state index contributed by atoms with van der Waals surface area (Å²) in [6.45, 7) is 7.96. The van der Waals surface area contributed by atoms with Crippen LogP contribution < -0.4 is 9.47 Å². The average Bonchev–Trinajstić information content (AvgIpc) is 3.10. The molecule has 1 aliphatic rings. The molecule has 186 valence electrons. The minimum atomic E-state index is -0.784. The Labute approximate surface area is 211 Å². The summed E-state index contributed by atoms with van der Waals surface area (Å²) < 4.78 is 11.2. The van der Waals surface area contributed by atoms with Gasteiger partial charge in [-0.15, -0.1) is 0 Å². The van der Waals surface area contributed by atoms with Crippen LogP contribution in [0.4, 0.5) is 0 Å². The van der Waals surface area contributed by atoms with E-state index in [1.807, 2.05) is 88.4 Å². The van der Waals surface area contributed by atoms with Gasteiger partial charge < -0.3 is 19.5 Å². The number of aliphatic hydroxyl groups excluding tert-OH is 1. The lowest BCUT2D eigenvalue weighted by Crippen LogP contribution is -2.29. The molecular weight excluding hydrogens is 454 g/mol. The largest absolute Gasteiger partial charge is 0.507 e. The van der Waals surface area contributed by atoms with Gasteiger partial charge in [0.15, 0.2) is 0 Å². The lowest BCUT2D eigenvalue weighted by atomic mass is 9.94.